The number of rotatable bonds is 6. The lowest BCUT2D eigenvalue weighted by Crippen LogP contribution is -2.20. The van der Waals surface area contributed by atoms with Crippen molar-refractivity contribution in [1.29, 1.82) is 0 Å². The van der Waals surface area contributed by atoms with Crippen molar-refractivity contribution >= 4 is 34.8 Å². The number of halogens is 4. The minimum atomic E-state index is -4.50. The van der Waals surface area contributed by atoms with Crippen LogP contribution in [0, 0.1) is 0 Å². The Morgan fingerprint density at radius 1 is 0.903 bits per heavy atom. The van der Waals surface area contributed by atoms with E-state index in [1.807, 2.05) is 0 Å². The second-order valence-electron chi connectivity index (χ2n) is 6.37. The molecule has 0 heterocycles. The van der Waals surface area contributed by atoms with Crippen LogP contribution < -0.4 is 15.4 Å². The smallest absolute Gasteiger partial charge is 0.416 e. The van der Waals surface area contributed by atoms with Crippen molar-refractivity contribution in [2.75, 3.05) is 17.2 Å². The van der Waals surface area contributed by atoms with E-state index in [1.54, 1.807) is 24.3 Å². The summed E-state index contributed by atoms with van der Waals surface area (Å²) < 4.78 is 43.7. The van der Waals surface area contributed by atoms with Crippen LogP contribution in [0.5, 0.6) is 5.75 Å². The molecular formula is C22H16ClF3N2O3. The van der Waals surface area contributed by atoms with Gasteiger partial charge in [-0.25, -0.2) is 0 Å². The highest BCUT2D eigenvalue weighted by molar-refractivity contribution is 6.33. The summed E-state index contributed by atoms with van der Waals surface area (Å²) in [5.74, 6) is -0.660. The molecule has 160 valence electrons. The number of carbonyl (C=O) groups is 2. The van der Waals surface area contributed by atoms with Gasteiger partial charge in [0.15, 0.2) is 6.61 Å². The van der Waals surface area contributed by atoms with E-state index < -0.39 is 23.6 Å². The van der Waals surface area contributed by atoms with Crippen molar-refractivity contribution in [2.24, 2.45) is 0 Å². The van der Waals surface area contributed by atoms with Gasteiger partial charge in [0, 0.05) is 11.3 Å². The molecule has 0 aromatic heterocycles. The second-order valence-corrected chi connectivity index (χ2v) is 6.78. The summed E-state index contributed by atoms with van der Waals surface area (Å²) in [4.78, 5) is 24.3. The Labute approximate surface area is 180 Å². The molecule has 0 radical (unpaired) electrons. The first-order valence-corrected chi connectivity index (χ1v) is 9.36. The molecule has 0 aliphatic heterocycles. The van der Waals surface area contributed by atoms with Gasteiger partial charge in [0.1, 0.15) is 5.75 Å². The number of amides is 2. The van der Waals surface area contributed by atoms with Crippen molar-refractivity contribution < 1.29 is 27.5 Å². The Morgan fingerprint density at radius 2 is 1.61 bits per heavy atom. The van der Waals surface area contributed by atoms with Crippen LogP contribution in [0.15, 0.2) is 72.8 Å². The van der Waals surface area contributed by atoms with Gasteiger partial charge in [-0.1, -0.05) is 29.8 Å². The Morgan fingerprint density at radius 3 is 2.29 bits per heavy atom. The van der Waals surface area contributed by atoms with Gasteiger partial charge >= 0.3 is 6.18 Å². The van der Waals surface area contributed by atoms with Crippen LogP contribution in [0.3, 0.4) is 0 Å². The van der Waals surface area contributed by atoms with Gasteiger partial charge < -0.3 is 15.4 Å². The lowest BCUT2D eigenvalue weighted by atomic mass is 10.1. The number of nitrogens with one attached hydrogen (secondary N) is 2. The monoisotopic (exact) mass is 448 g/mol. The summed E-state index contributed by atoms with van der Waals surface area (Å²) in [6, 6.07) is 16.9. The quantitative estimate of drug-likeness (QED) is 0.513. The van der Waals surface area contributed by atoms with Gasteiger partial charge in [0.2, 0.25) is 0 Å². The molecule has 0 spiro atoms. The van der Waals surface area contributed by atoms with Gasteiger partial charge in [-0.05, 0) is 54.6 Å². The third kappa shape index (κ3) is 6.23. The zero-order chi connectivity index (χ0) is 22.4. The predicted octanol–water partition coefficient (Wildman–Crippen LogP) is 5.63. The van der Waals surface area contributed by atoms with Crippen LogP contribution >= 0.6 is 11.6 Å². The molecule has 9 heteroatoms. The van der Waals surface area contributed by atoms with E-state index in [-0.39, 0.29) is 17.9 Å². The largest absolute Gasteiger partial charge is 0.484 e. The lowest BCUT2D eigenvalue weighted by molar-refractivity contribution is -0.137. The molecule has 3 rings (SSSR count). The molecule has 0 saturated heterocycles. The molecule has 3 aromatic rings. The summed E-state index contributed by atoms with van der Waals surface area (Å²) >= 11 is 5.97. The number of para-hydroxylation sites is 1. The Balaban J connectivity index is 1.55. The van der Waals surface area contributed by atoms with Crippen molar-refractivity contribution in [1.82, 2.24) is 0 Å². The predicted molar refractivity (Wildman–Crippen MR) is 111 cm³/mol. The number of hydrogen-bond donors (Lipinski definition) is 2. The van der Waals surface area contributed by atoms with Crippen molar-refractivity contribution in [3.63, 3.8) is 0 Å². The molecule has 0 bridgehead atoms. The molecule has 0 atom stereocenters. The zero-order valence-electron chi connectivity index (χ0n) is 15.9. The van der Waals surface area contributed by atoms with Gasteiger partial charge in [0.05, 0.1) is 16.3 Å². The summed E-state index contributed by atoms with van der Waals surface area (Å²) in [6.45, 7) is -0.277. The fourth-order valence-electron chi connectivity index (χ4n) is 2.58. The van der Waals surface area contributed by atoms with Crippen LogP contribution in [0.1, 0.15) is 15.9 Å². The summed E-state index contributed by atoms with van der Waals surface area (Å²) in [5, 5.41) is 5.42. The SMILES string of the molecule is O=C(COc1ccc(C(=O)Nc2cccc(C(F)(F)F)c2)cc1)Nc1ccccc1Cl. The number of anilines is 2. The lowest BCUT2D eigenvalue weighted by Gasteiger charge is -2.11. The molecule has 0 aliphatic rings. The standard InChI is InChI=1S/C22H16ClF3N2O3/c23-18-6-1-2-7-19(18)28-20(29)13-31-17-10-8-14(9-11-17)21(30)27-16-5-3-4-15(12-16)22(24,25)26/h1-12H,13H2,(H,27,30)(H,28,29). The number of hydrogen-bond acceptors (Lipinski definition) is 3. The zero-order valence-corrected chi connectivity index (χ0v) is 16.6. The number of benzene rings is 3. The fourth-order valence-corrected chi connectivity index (χ4v) is 2.76. The molecule has 0 saturated carbocycles. The first-order valence-electron chi connectivity index (χ1n) is 8.98. The molecule has 2 N–H and O–H groups in total. The summed E-state index contributed by atoms with van der Waals surface area (Å²) in [7, 11) is 0. The average Bonchev–Trinajstić information content (AvgIpc) is 2.74. The van der Waals surface area contributed by atoms with Crippen LogP contribution in [0.4, 0.5) is 24.5 Å². The van der Waals surface area contributed by atoms with E-state index in [0.717, 1.165) is 12.1 Å². The van der Waals surface area contributed by atoms with Gasteiger partial charge in [-0.15, -0.1) is 0 Å². The highest BCUT2D eigenvalue weighted by atomic mass is 35.5. The van der Waals surface area contributed by atoms with Crippen molar-refractivity contribution in [3.8, 4) is 5.75 Å². The molecular weight excluding hydrogens is 433 g/mol. The first kappa shape index (κ1) is 22.2. The topological polar surface area (TPSA) is 67.4 Å². The van der Waals surface area contributed by atoms with E-state index >= 15 is 0 Å². The third-order valence-corrected chi connectivity index (χ3v) is 4.41. The minimum absolute atomic E-state index is 0.0244. The van der Waals surface area contributed by atoms with E-state index in [4.69, 9.17) is 16.3 Å². The van der Waals surface area contributed by atoms with Crippen LogP contribution in [-0.2, 0) is 11.0 Å². The van der Waals surface area contributed by atoms with Crippen molar-refractivity contribution in [3.05, 3.63) is 88.9 Å². The van der Waals surface area contributed by atoms with Gasteiger partial charge in [-0.3, -0.25) is 9.59 Å². The molecule has 0 unspecified atom stereocenters. The normalized spacial score (nSPS) is 11.0. The molecule has 31 heavy (non-hydrogen) atoms. The number of ether oxygens (including phenoxy) is 1. The summed E-state index contributed by atoms with van der Waals surface area (Å²) in [5.41, 5.74) is -0.162. The van der Waals surface area contributed by atoms with Gasteiger partial charge in [0.25, 0.3) is 11.8 Å². The maximum absolute atomic E-state index is 12.8. The number of carbonyl (C=O) groups excluding carboxylic acids is 2. The molecule has 5 nitrogen and oxygen atoms in total. The minimum Gasteiger partial charge on any atom is -0.484 e. The van der Waals surface area contributed by atoms with Crippen LogP contribution in [0.2, 0.25) is 5.02 Å². The Bertz CT molecular complexity index is 1090. The Hall–Kier alpha value is -3.52. The van der Waals surface area contributed by atoms with Crippen LogP contribution in [-0.4, -0.2) is 18.4 Å². The van der Waals surface area contributed by atoms with E-state index in [0.29, 0.717) is 16.5 Å². The fraction of sp³-hybridized carbons (Fsp3) is 0.0909. The highest BCUT2D eigenvalue weighted by Gasteiger charge is 2.30. The van der Waals surface area contributed by atoms with E-state index in [1.165, 1.54) is 36.4 Å². The Kier molecular flexibility index (Phi) is 6.81. The maximum atomic E-state index is 12.8. The summed E-state index contributed by atoms with van der Waals surface area (Å²) in [6.07, 6.45) is -4.50. The molecule has 0 aliphatic carbocycles. The molecule has 3 aromatic carbocycles. The molecule has 0 fully saturated rings. The maximum Gasteiger partial charge on any atom is 0.416 e. The average molecular weight is 449 g/mol. The highest BCUT2D eigenvalue weighted by Crippen LogP contribution is 2.30. The van der Waals surface area contributed by atoms with E-state index in [9.17, 15) is 22.8 Å². The van der Waals surface area contributed by atoms with Crippen molar-refractivity contribution in [2.45, 2.75) is 6.18 Å². The number of alkyl halides is 3. The third-order valence-electron chi connectivity index (χ3n) is 4.08. The van der Waals surface area contributed by atoms with Gasteiger partial charge in [-0.2, -0.15) is 13.2 Å². The second kappa shape index (κ2) is 9.53. The van der Waals surface area contributed by atoms with Crippen LogP contribution in [0.25, 0.3) is 0 Å². The first-order chi connectivity index (χ1) is 14.7. The molecule has 2 amide bonds. The van der Waals surface area contributed by atoms with E-state index in [2.05, 4.69) is 10.6 Å².